The highest BCUT2D eigenvalue weighted by Gasteiger charge is 2.44. The van der Waals surface area contributed by atoms with Gasteiger partial charge in [-0.05, 0) is 153 Å². The number of hydrogen-bond donors (Lipinski definition) is 2. The smallest absolute Gasteiger partial charge is 0.423 e. The monoisotopic (exact) mass is 1050 g/mol. The molecule has 10 rings (SSSR count). The molecule has 4 heterocycles. The van der Waals surface area contributed by atoms with Crippen molar-refractivity contribution in [2.45, 2.75) is 71.6 Å². The number of rotatable bonds is 8. The third-order valence-electron chi connectivity index (χ3n) is 13.0. The van der Waals surface area contributed by atoms with Gasteiger partial charge in [-0.25, -0.2) is 0 Å². The normalized spacial score (nSPS) is 13.1. The molecule has 0 aliphatic heterocycles. The number of aromatic nitrogens is 4. The van der Waals surface area contributed by atoms with Crippen LogP contribution in [0, 0.1) is 0 Å². The molecule has 8 aromatic rings. The lowest BCUT2D eigenvalue weighted by Crippen LogP contribution is -2.31. The van der Waals surface area contributed by atoms with Crippen molar-refractivity contribution >= 4 is 60.4 Å². The maximum Gasteiger partial charge on any atom is 0.489 e. The van der Waals surface area contributed by atoms with E-state index in [9.17, 15) is 10.0 Å². The van der Waals surface area contributed by atoms with Gasteiger partial charge in [0.1, 0.15) is 0 Å². The second-order valence-corrected chi connectivity index (χ2v) is 18.8. The van der Waals surface area contributed by atoms with Gasteiger partial charge >= 0.3 is 7.12 Å². The van der Waals surface area contributed by atoms with Crippen molar-refractivity contribution in [2.24, 2.45) is 0 Å². The lowest BCUT2D eigenvalue weighted by atomic mass is 9.74. The molecule has 0 saturated carbocycles. The average Bonchev–Trinajstić information content (AvgIpc) is 3.77. The molecule has 10 heteroatoms. The average molecular weight is 1050 g/mol. The van der Waals surface area contributed by atoms with Crippen molar-refractivity contribution in [3.63, 3.8) is 0 Å². The molecule has 0 spiro atoms. The van der Waals surface area contributed by atoms with E-state index < -0.39 is 7.12 Å². The van der Waals surface area contributed by atoms with Crippen molar-refractivity contribution in [3.05, 3.63) is 194 Å². The van der Waals surface area contributed by atoms with E-state index in [4.69, 9.17) is 9.97 Å². The summed E-state index contributed by atoms with van der Waals surface area (Å²) in [6, 6.07) is 45.1. The summed E-state index contributed by atoms with van der Waals surface area (Å²) < 4.78 is 3.09. The fourth-order valence-electron chi connectivity index (χ4n) is 9.66. The molecule has 2 N–H and O–H groups in total. The van der Waals surface area contributed by atoms with Crippen LogP contribution in [0.3, 0.4) is 0 Å². The van der Waals surface area contributed by atoms with Crippen molar-refractivity contribution in [1.82, 2.24) is 19.9 Å². The Hall–Kier alpha value is -5.10. The summed E-state index contributed by atoms with van der Waals surface area (Å²) in [5.74, 6) is 0. The minimum absolute atomic E-state index is 0. The zero-order chi connectivity index (χ0) is 45.0. The molecule has 328 valence electrons. The summed E-state index contributed by atoms with van der Waals surface area (Å²) in [7, 11) is -1.43. The second-order valence-electron chi connectivity index (χ2n) is 16.1. The minimum Gasteiger partial charge on any atom is -0.423 e. The molecule has 65 heavy (non-hydrogen) atoms. The first-order chi connectivity index (χ1) is 31.1. The topological polar surface area (TPSA) is 92.0 Å². The highest BCUT2D eigenvalue weighted by molar-refractivity contribution is 9.11. The molecule has 4 aromatic heterocycles. The largest absolute Gasteiger partial charge is 0.489 e. The Kier molecular flexibility index (Phi) is 15.2. The Morgan fingerprint density at radius 2 is 0.738 bits per heavy atom. The van der Waals surface area contributed by atoms with E-state index in [-0.39, 0.29) is 18.3 Å². The van der Waals surface area contributed by atoms with Gasteiger partial charge in [-0.1, -0.05) is 144 Å². The lowest BCUT2D eigenvalue weighted by molar-refractivity contribution is 0.426. The molecular weight excluding hydrogens is 999 g/mol. The van der Waals surface area contributed by atoms with E-state index in [1.807, 2.05) is 67.3 Å². The summed E-state index contributed by atoms with van der Waals surface area (Å²) in [5.41, 5.74) is 16.5. The first kappa shape index (κ1) is 47.9. The predicted molar refractivity (Wildman–Crippen MR) is 280 cm³/mol. The summed E-state index contributed by atoms with van der Waals surface area (Å²) in [5, 5.41) is 18.4. The van der Waals surface area contributed by atoms with E-state index in [1.54, 1.807) is 12.1 Å². The van der Waals surface area contributed by atoms with Crippen molar-refractivity contribution in [1.29, 1.82) is 0 Å². The van der Waals surface area contributed by atoms with E-state index in [1.165, 1.54) is 38.9 Å². The fraction of sp³-hybridized carbons (Fsp3) is 0.200. The number of fused-ring (bicyclic) bond motifs is 6. The maximum absolute atomic E-state index is 9.22. The number of benzene rings is 4. The molecule has 2 aliphatic rings. The lowest BCUT2D eigenvalue weighted by Gasteiger charge is -2.29. The van der Waals surface area contributed by atoms with Crippen LogP contribution in [0.4, 0.5) is 0 Å². The zero-order valence-corrected chi connectivity index (χ0v) is 41.0. The number of halogens is 3. The van der Waals surface area contributed by atoms with Crippen LogP contribution in [0.25, 0.3) is 56.2 Å². The third-order valence-corrected chi connectivity index (χ3v) is 14.3. The standard InChI is InChI=1S/C27H23BrN2.C15H14Br2N2.C12H11BO2.CH4/c1-3-27(4-2)23-14-19(16-29-25(23)26-24(27)15-20(28)17-30-26)22-13-9-8-12-21(22)18-10-6-5-7-11-18;1-3-15(4-2)11-5-9(16)7-18-13(11)14-12(15)6-10(17)8-19-14;14-13(15)12-9-5-4-8-11(12)10-6-2-1-3-7-10;/h5-17H,3-4H2,1-2H3;5-8H,3-4H2,1-2H3;1-9,14-15H;1H4. The van der Waals surface area contributed by atoms with Gasteiger partial charge < -0.3 is 10.0 Å². The molecule has 0 saturated heterocycles. The second kappa shape index (κ2) is 20.6. The van der Waals surface area contributed by atoms with Crippen molar-refractivity contribution in [2.75, 3.05) is 0 Å². The number of nitrogens with zero attached hydrogens (tertiary/aromatic N) is 4. The first-order valence-corrected chi connectivity index (χ1v) is 24.1. The quantitative estimate of drug-likeness (QED) is 0.147. The number of hydrogen-bond acceptors (Lipinski definition) is 6. The summed E-state index contributed by atoms with van der Waals surface area (Å²) >= 11 is 10.7. The van der Waals surface area contributed by atoms with Crippen LogP contribution in [0.2, 0.25) is 0 Å². The van der Waals surface area contributed by atoms with Gasteiger partial charge in [0.2, 0.25) is 0 Å². The minimum atomic E-state index is -1.43. The van der Waals surface area contributed by atoms with Crippen LogP contribution in [0.5, 0.6) is 0 Å². The summed E-state index contributed by atoms with van der Waals surface area (Å²) in [6.07, 6.45) is 11.8. The SMILES string of the molecule is C.CCC1(CC)c2cc(Br)cnc2-c2ncc(-c3ccccc3-c3ccccc3)cc21.CCC1(CC)c2cc(Br)cnc2-c2ncc(Br)cc21.OB(O)c1ccccc1-c1ccccc1. The van der Waals surface area contributed by atoms with Crippen LogP contribution in [0.1, 0.15) is 83.1 Å². The highest BCUT2D eigenvalue weighted by atomic mass is 79.9. The van der Waals surface area contributed by atoms with E-state index in [0.29, 0.717) is 5.46 Å². The Labute approximate surface area is 409 Å². The van der Waals surface area contributed by atoms with Gasteiger partial charge in [0.05, 0.1) is 22.8 Å². The van der Waals surface area contributed by atoms with Crippen LogP contribution < -0.4 is 5.46 Å². The molecule has 0 amide bonds. The summed E-state index contributed by atoms with van der Waals surface area (Å²) in [6.45, 7) is 9.02. The number of pyridine rings is 4. The molecule has 0 atom stereocenters. The van der Waals surface area contributed by atoms with Gasteiger partial charge in [0.25, 0.3) is 0 Å². The molecule has 2 aliphatic carbocycles. The van der Waals surface area contributed by atoms with Crippen LogP contribution in [0.15, 0.2) is 172 Å². The highest BCUT2D eigenvalue weighted by Crippen LogP contribution is 2.53. The van der Waals surface area contributed by atoms with E-state index >= 15 is 0 Å². The fourth-order valence-corrected chi connectivity index (χ4v) is 10.7. The third kappa shape index (κ3) is 9.08. The van der Waals surface area contributed by atoms with Crippen molar-refractivity contribution < 1.29 is 10.0 Å². The van der Waals surface area contributed by atoms with Crippen LogP contribution in [-0.2, 0) is 10.8 Å². The van der Waals surface area contributed by atoms with Crippen LogP contribution in [-0.4, -0.2) is 37.1 Å². The molecular formula is C55H52BBr3N4O2. The van der Waals surface area contributed by atoms with Crippen LogP contribution >= 0.6 is 47.8 Å². The molecule has 0 radical (unpaired) electrons. The van der Waals surface area contributed by atoms with Gasteiger partial charge in [0.15, 0.2) is 0 Å². The Morgan fingerprint density at radius 3 is 1.14 bits per heavy atom. The van der Waals surface area contributed by atoms with E-state index in [0.717, 1.165) is 78.6 Å². The molecule has 0 bridgehead atoms. The maximum atomic E-state index is 9.22. The van der Waals surface area contributed by atoms with Gasteiger partial charge in [-0.15, -0.1) is 0 Å². The Morgan fingerprint density at radius 1 is 0.415 bits per heavy atom. The molecule has 0 fully saturated rings. The van der Waals surface area contributed by atoms with Gasteiger partial charge in [-0.2, -0.15) is 0 Å². The molecule has 6 nitrogen and oxygen atoms in total. The first-order valence-electron chi connectivity index (χ1n) is 21.7. The molecule has 4 aromatic carbocycles. The predicted octanol–water partition coefficient (Wildman–Crippen LogP) is 14.4. The Balaban J connectivity index is 0.000000155. The van der Waals surface area contributed by atoms with Gasteiger partial charge in [0, 0.05) is 54.6 Å². The van der Waals surface area contributed by atoms with Crippen molar-refractivity contribution in [3.8, 4) is 56.2 Å². The van der Waals surface area contributed by atoms with E-state index in [2.05, 4.69) is 164 Å². The molecule has 0 unspecified atom stereocenters. The summed E-state index contributed by atoms with van der Waals surface area (Å²) in [4.78, 5) is 18.9. The Bertz CT molecular complexity index is 2870. The zero-order valence-electron chi connectivity index (χ0n) is 36.2. The van der Waals surface area contributed by atoms with Gasteiger partial charge in [-0.3, -0.25) is 19.9 Å².